The molecule has 0 bridgehead atoms. The first-order valence-electron chi connectivity index (χ1n) is 11.9. The van der Waals surface area contributed by atoms with Crippen LogP contribution in [0, 0.1) is 0 Å². The Bertz CT molecular complexity index is 1680. The quantitative estimate of drug-likeness (QED) is 0.334. The normalized spacial score (nSPS) is 15.1. The second-order valence-corrected chi connectivity index (χ2v) is 12.3. The van der Waals surface area contributed by atoms with E-state index < -0.39 is 32.1 Å². The highest BCUT2D eigenvalue weighted by atomic mass is 32.2. The molecule has 0 unspecified atom stereocenters. The number of anilines is 3. The van der Waals surface area contributed by atoms with Crippen molar-refractivity contribution in [2.75, 3.05) is 20.9 Å². The van der Waals surface area contributed by atoms with Crippen molar-refractivity contribution in [2.24, 2.45) is 0 Å². The van der Waals surface area contributed by atoms with E-state index in [4.69, 9.17) is 4.74 Å². The van der Waals surface area contributed by atoms with Crippen LogP contribution in [0.3, 0.4) is 0 Å². The molecule has 1 aliphatic heterocycles. The number of para-hydroxylation sites is 2. The summed E-state index contributed by atoms with van der Waals surface area (Å²) in [4.78, 5) is 17.1. The third-order valence-electron chi connectivity index (χ3n) is 5.89. The van der Waals surface area contributed by atoms with E-state index in [1.165, 1.54) is 40.8 Å². The fourth-order valence-corrected chi connectivity index (χ4v) is 6.62. The monoisotopic (exact) mass is 564 g/mol. The minimum absolute atomic E-state index is 0.0211. The number of nitrogens with zero attached hydrogens (tertiary/aromatic N) is 2. The Morgan fingerprint density at radius 2 is 1.56 bits per heavy atom. The molecule has 12 heteroatoms. The average molecular weight is 565 g/mol. The zero-order chi connectivity index (χ0) is 27.5. The molecule has 5 rings (SSSR count). The third kappa shape index (κ3) is 6.02. The lowest BCUT2D eigenvalue weighted by Gasteiger charge is -2.34. The second kappa shape index (κ2) is 10.8. The molecule has 1 atom stereocenters. The molecular weight excluding hydrogens is 540 g/mol. The second-order valence-electron chi connectivity index (χ2n) is 8.68. The average Bonchev–Trinajstić information content (AvgIpc) is 2.93. The summed E-state index contributed by atoms with van der Waals surface area (Å²) in [6.07, 6.45) is 0.329. The van der Waals surface area contributed by atoms with Crippen LogP contribution >= 0.6 is 0 Å². The fourth-order valence-electron chi connectivity index (χ4n) is 4.02. The van der Waals surface area contributed by atoms with E-state index in [9.17, 15) is 21.6 Å². The van der Waals surface area contributed by atoms with Crippen molar-refractivity contribution in [2.45, 2.75) is 16.8 Å². The molecule has 1 aliphatic rings. The molecule has 0 spiro atoms. The molecule has 200 valence electrons. The first-order valence-corrected chi connectivity index (χ1v) is 15.0. The molecule has 3 aromatic carbocycles. The van der Waals surface area contributed by atoms with E-state index >= 15 is 0 Å². The van der Waals surface area contributed by atoms with Crippen molar-refractivity contribution in [3.63, 3.8) is 0 Å². The molecule has 0 saturated heterocycles. The predicted octanol–water partition coefficient (Wildman–Crippen LogP) is 3.62. The van der Waals surface area contributed by atoms with Gasteiger partial charge in [0.2, 0.25) is 10.0 Å². The van der Waals surface area contributed by atoms with Crippen LogP contribution in [0.1, 0.15) is 5.56 Å². The van der Waals surface area contributed by atoms with Gasteiger partial charge in [-0.25, -0.2) is 21.8 Å². The van der Waals surface area contributed by atoms with Gasteiger partial charge in [0, 0.05) is 11.9 Å². The summed E-state index contributed by atoms with van der Waals surface area (Å²) < 4.78 is 61.5. The van der Waals surface area contributed by atoms with Gasteiger partial charge in [-0.1, -0.05) is 48.5 Å². The summed E-state index contributed by atoms with van der Waals surface area (Å²) >= 11 is 0. The first kappa shape index (κ1) is 26.2. The highest BCUT2D eigenvalue weighted by Gasteiger charge is 2.36. The van der Waals surface area contributed by atoms with Crippen LogP contribution < -0.4 is 19.1 Å². The molecule has 2 N–H and O–H groups in total. The minimum Gasteiger partial charge on any atom is -0.476 e. The lowest BCUT2D eigenvalue weighted by Crippen LogP contribution is -2.49. The van der Waals surface area contributed by atoms with Gasteiger partial charge >= 0.3 is 0 Å². The van der Waals surface area contributed by atoms with Gasteiger partial charge in [-0.05, 0) is 54.1 Å². The summed E-state index contributed by atoms with van der Waals surface area (Å²) in [5.41, 5.74) is 1.29. The standard InChI is InChI=1S/C27H24N4O6S2/c32-27(29-21-13-15-22(16-14-21)39(35,36)30-26-12-6-7-17-28-26)25-18-31(23-10-4-5-11-24(23)37-25)38(33,34)19-20-8-2-1-3-9-20/h1-17,25H,18-19H2,(H,28,30)(H,29,32)/t25-/m1/s1. The van der Waals surface area contributed by atoms with E-state index in [0.717, 1.165) is 0 Å². The maximum Gasteiger partial charge on any atom is 0.267 e. The van der Waals surface area contributed by atoms with E-state index in [0.29, 0.717) is 16.9 Å². The number of nitrogens with one attached hydrogen (secondary N) is 2. The molecule has 39 heavy (non-hydrogen) atoms. The van der Waals surface area contributed by atoms with Crippen molar-refractivity contribution in [3.05, 3.63) is 109 Å². The number of hydrogen-bond donors (Lipinski definition) is 2. The molecule has 1 amide bonds. The van der Waals surface area contributed by atoms with Crippen molar-refractivity contribution in [3.8, 4) is 5.75 Å². The zero-order valence-electron chi connectivity index (χ0n) is 20.5. The zero-order valence-corrected chi connectivity index (χ0v) is 22.1. The predicted molar refractivity (Wildman–Crippen MR) is 147 cm³/mol. The summed E-state index contributed by atoms with van der Waals surface area (Å²) in [5.74, 6) is -0.371. The lowest BCUT2D eigenvalue weighted by atomic mass is 10.2. The molecule has 2 heterocycles. The lowest BCUT2D eigenvalue weighted by molar-refractivity contribution is -0.122. The number of carbonyl (C=O) groups excluding carboxylic acids is 1. The molecule has 4 aromatic rings. The molecule has 10 nitrogen and oxygen atoms in total. The number of rotatable bonds is 8. The number of amides is 1. The van der Waals surface area contributed by atoms with Crippen LogP contribution in [-0.2, 0) is 30.6 Å². The molecule has 0 saturated carbocycles. The number of ether oxygens (including phenoxy) is 1. The Morgan fingerprint density at radius 1 is 0.872 bits per heavy atom. The number of benzene rings is 3. The van der Waals surface area contributed by atoms with Gasteiger partial charge in [0.05, 0.1) is 22.9 Å². The van der Waals surface area contributed by atoms with Gasteiger partial charge in [0.25, 0.3) is 15.9 Å². The maximum atomic E-state index is 13.4. The smallest absolute Gasteiger partial charge is 0.267 e. The van der Waals surface area contributed by atoms with Gasteiger partial charge in [-0.2, -0.15) is 0 Å². The van der Waals surface area contributed by atoms with Crippen molar-refractivity contribution in [1.82, 2.24) is 4.98 Å². The van der Waals surface area contributed by atoms with E-state index in [-0.39, 0.29) is 28.8 Å². The van der Waals surface area contributed by atoms with E-state index in [1.807, 2.05) is 0 Å². The minimum atomic E-state index is -3.89. The third-order valence-corrected chi connectivity index (χ3v) is 8.98. The first-order chi connectivity index (χ1) is 18.7. The Balaban J connectivity index is 1.32. The molecule has 0 fully saturated rings. The topological polar surface area (TPSA) is 135 Å². The van der Waals surface area contributed by atoms with Crippen LogP contribution in [0.2, 0.25) is 0 Å². The van der Waals surface area contributed by atoms with Gasteiger partial charge < -0.3 is 10.1 Å². The summed E-state index contributed by atoms with van der Waals surface area (Å²) in [7, 11) is -7.73. The maximum absolute atomic E-state index is 13.4. The highest BCUT2D eigenvalue weighted by Crippen LogP contribution is 2.36. The Hall–Kier alpha value is -4.42. The van der Waals surface area contributed by atoms with Gasteiger partial charge in [0.1, 0.15) is 11.6 Å². The number of hydrogen-bond acceptors (Lipinski definition) is 7. The molecule has 0 aliphatic carbocycles. The van der Waals surface area contributed by atoms with Crippen LogP contribution in [0.15, 0.2) is 108 Å². The molecule has 0 radical (unpaired) electrons. The van der Waals surface area contributed by atoms with Crippen LogP contribution in [0.4, 0.5) is 17.2 Å². The van der Waals surface area contributed by atoms with Crippen molar-refractivity contribution >= 4 is 43.1 Å². The van der Waals surface area contributed by atoms with Gasteiger partial charge in [0.15, 0.2) is 6.10 Å². The summed E-state index contributed by atoms with van der Waals surface area (Å²) in [6.45, 7) is -0.224. The number of aromatic nitrogens is 1. The Labute approximate surface area is 226 Å². The number of carbonyl (C=O) groups is 1. The van der Waals surface area contributed by atoms with Crippen LogP contribution in [0.5, 0.6) is 5.75 Å². The molecule has 1 aromatic heterocycles. The highest BCUT2D eigenvalue weighted by molar-refractivity contribution is 7.92. The summed E-state index contributed by atoms with van der Waals surface area (Å²) in [5, 5.41) is 2.68. The Morgan fingerprint density at radius 3 is 2.28 bits per heavy atom. The number of sulfonamides is 2. The van der Waals surface area contributed by atoms with E-state index in [2.05, 4.69) is 15.0 Å². The largest absolute Gasteiger partial charge is 0.476 e. The SMILES string of the molecule is O=C(Nc1ccc(S(=O)(=O)Nc2ccccn2)cc1)[C@H]1CN(S(=O)(=O)Cc2ccccc2)c2ccccc2O1. The Kier molecular flexibility index (Phi) is 7.22. The molecular formula is C27H24N4O6S2. The van der Waals surface area contributed by atoms with Gasteiger partial charge in [-0.15, -0.1) is 0 Å². The van der Waals surface area contributed by atoms with Crippen LogP contribution in [0.25, 0.3) is 0 Å². The van der Waals surface area contributed by atoms with Crippen LogP contribution in [-0.4, -0.2) is 40.4 Å². The van der Waals surface area contributed by atoms with E-state index in [1.54, 1.807) is 66.7 Å². The number of pyridine rings is 1. The van der Waals surface area contributed by atoms with Gasteiger partial charge in [-0.3, -0.25) is 13.8 Å². The fraction of sp³-hybridized carbons (Fsp3) is 0.111. The number of fused-ring (bicyclic) bond motifs is 1. The van der Waals surface area contributed by atoms with Crippen molar-refractivity contribution in [1.29, 1.82) is 0 Å². The van der Waals surface area contributed by atoms with Crippen molar-refractivity contribution < 1.29 is 26.4 Å². The summed E-state index contributed by atoms with van der Waals surface area (Å²) in [6, 6.07) is 25.8.